The molecule has 0 unspecified atom stereocenters. The van der Waals surface area contributed by atoms with Crippen LogP contribution in [-0.2, 0) is 19.1 Å². The molecule has 0 radical (unpaired) electrons. The van der Waals surface area contributed by atoms with Crippen molar-refractivity contribution in [2.24, 2.45) is 0 Å². The lowest BCUT2D eigenvalue weighted by molar-refractivity contribution is -0.151. The lowest BCUT2D eigenvalue weighted by Gasteiger charge is -2.15. The molecule has 1 aliphatic heterocycles. The number of ether oxygens (including phenoxy) is 2. The summed E-state index contributed by atoms with van der Waals surface area (Å²) in [7, 11) is 1.54. The maximum absolute atomic E-state index is 11.0. The third-order valence-electron chi connectivity index (χ3n) is 1.65. The van der Waals surface area contributed by atoms with Gasteiger partial charge in [-0.25, -0.2) is 9.59 Å². The Morgan fingerprint density at radius 2 is 2.00 bits per heavy atom. The van der Waals surface area contributed by atoms with Crippen molar-refractivity contribution in [1.82, 2.24) is 5.32 Å². The number of hydrogen-bond donors (Lipinski definition) is 1. The van der Waals surface area contributed by atoms with Crippen molar-refractivity contribution in [2.45, 2.75) is 18.9 Å². The second kappa shape index (κ2) is 3.99. The van der Waals surface area contributed by atoms with Crippen molar-refractivity contribution in [1.29, 1.82) is 0 Å². The summed E-state index contributed by atoms with van der Waals surface area (Å²) >= 11 is 0. The Balaban J connectivity index is 2.66. The first kappa shape index (κ1) is 9.66. The van der Waals surface area contributed by atoms with Gasteiger partial charge in [-0.15, -0.1) is 0 Å². The Kier molecular flexibility index (Phi) is 2.97. The first-order chi connectivity index (χ1) is 6.13. The van der Waals surface area contributed by atoms with Gasteiger partial charge in [0, 0.05) is 6.42 Å². The predicted octanol–water partition coefficient (Wildman–Crippen LogP) is -0.425. The first-order valence-electron chi connectivity index (χ1n) is 3.77. The van der Waals surface area contributed by atoms with E-state index in [1.54, 1.807) is 7.05 Å². The average molecular weight is 187 g/mol. The third kappa shape index (κ3) is 2.51. The first-order valence-corrected chi connectivity index (χ1v) is 3.77. The molecule has 1 N–H and O–H groups in total. The van der Waals surface area contributed by atoms with Gasteiger partial charge in [0.05, 0.1) is 0 Å². The van der Waals surface area contributed by atoms with E-state index < -0.39 is 24.1 Å². The monoisotopic (exact) mass is 187 g/mol. The molecule has 1 saturated heterocycles. The number of rotatable bonds is 1. The van der Waals surface area contributed by atoms with Gasteiger partial charge in [0.25, 0.3) is 0 Å². The summed E-state index contributed by atoms with van der Waals surface area (Å²) in [5.41, 5.74) is 0. The van der Waals surface area contributed by atoms with E-state index in [0.29, 0.717) is 0 Å². The molecule has 0 saturated carbocycles. The minimum Gasteiger partial charge on any atom is -0.360 e. The van der Waals surface area contributed by atoms with Crippen molar-refractivity contribution in [2.75, 3.05) is 7.05 Å². The predicted molar refractivity (Wildman–Crippen MR) is 39.7 cm³/mol. The normalized spacial score (nSPS) is 24.4. The molecule has 0 bridgehead atoms. The number of carbonyl (C=O) groups is 3. The molecule has 0 aliphatic carbocycles. The smallest absolute Gasteiger partial charge is 0.360 e. The van der Waals surface area contributed by atoms with E-state index in [1.165, 1.54) is 0 Å². The molecule has 0 aromatic heterocycles. The topological polar surface area (TPSA) is 81.7 Å². The quantitative estimate of drug-likeness (QED) is 0.443. The van der Waals surface area contributed by atoms with E-state index in [1.807, 2.05) is 0 Å². The lowest BCUT2D eigenvalue weighted by Crippen LogP contribution is -2.39. The van der Waals surface area contributed by atoms with Crippen LogP contribution in [0.5, 0.6) is 0 Å². The van der Waals surface area contributed by atoms with Gasteiger partial charge in [0.1, 0.15) is 6.04 Å². The van der Waals surface area contributed by atoms with Gasteiger partial charge in [0.15, 0.2) is 0 Å². The SMILES string of the molecule is CN[C@H]1CCC(=O)OC(=O)OC1=O. The molecule has 0 spiro atoms. The van der Waals surface area contributed by atoms with E-state index in [4.69, 9.17) is 0 Å². The van der Waals surface area contributed by atoms with Crippen molar-refractivity contribution in [3.8, 4) is 0 Å². The minimum atomic E-state index is -1.25. The number of esters is 2. The number of nitrogens with one attached hydrogen (secondary N) is 1. The zero-order valence-electron chi connectivity index (χ0n) is 7.03. The largest absolute Gasteiger partial charge is 0.524 e. The number of likely N-dealkylation sites (N-methyl/N-ethyl adjacent to an activating group) is 1. The molecule has 1 aliphatic rings. The Morgan fingerprint density at radius 3 is 2.62 bits per heavy atom. The summed E-state index contributed by atoms with van der Waals surface area (Å²) in [6, 6.07) is -0.628. The van der Waals surface area contributed by atoms with Crippen LogP contribution in [0.4, 0.5) is 4.79 Å². The molecule has 6 heteroatoms. The molecular formula is C7H9NO5. The van der Waals surface area contributed by atoms with Crippen molar-refractivity contribution in [3.63, 3.8) is 0 Å². The standard InChI is InChI=1S/C7H9NO5/c1-8-4-2-3-5(9)12-7(11)13-6(4)10/h4,8H,2-3H2,1H3/t4-/m0/s1. The van der Waals surface area contributed by atoms with Crippen LogP contribution in [0.25, 0.3) is 0 Å². The lowest BCUT2D eigenvalue weighted by atomic mass is 10.1. The number of hydrogen-bond acceptors (Lipinski definition) is 6. The highest BCUT2D eigenvalue weighted by Crippen LogP contribution is 2.06. The van der Waals surface area contributed by atoms with Crippen LogP contribution in [0.2, 0.25) is 0 Å². The fourth-order valence-corrected chi connectivity index (χ4v) is 0.960. The van der Waals surface area contributed by atoms with E-state index >= 15 is 0 Å². The Hall–Kier alpha value is -1.43. The second-order valence-corrected chi connectivity index (χ2v) is 2.53. The van der Waals surface area contributed by atoms with Crippen LogP contribution < -0.4 is 5.32 Å². The molecular weight excluding hydrogens is 178 g/mol. The van der Waals surface area contributed by atoms with Gasteiger partial charge in [-0.1, -0.05) is 0 Å². The molecule has 1 rings (SSSR count). The molecule has 0 amide bonds. The summed E-state index contributed by atoms with van der Waals surface area (Å²) in [5.74, 6) is -1.40. The Morgan fingerprint density at radius 1 is 1.31 bits per heavy atom. The zero-order chi connectivity index (χ0) is 9.84. The van der Waals surface area contributed by atoms with Gasteiger partial charge < -0.3 is 14.8 Å². The molecule has 0 aromatic rings. The van der Waals surface area contributed by atoms with Gasteiger partial charge in [-0.2, -0.15) is 0 Å². The van der Waals surface area contributed by atoms with E-state index in [9.17, 15) is 14.4 Å². The summed E-state index contributed by atoms with van der Waals surface area (Å²) in [4.78, 5) is 32.4. The average Bonchev–Trinajstić information content (AvgIpc) is 2.02. The second-order valence-electron chi connectivity index (χ2n) is 2.53. The molecule has 1 atom stereocenters. The number of cyclic esters (lactones) is 4. The van der Waals surface area contributed by atoms with Crippen molar-refractivity contribution < 1.29 is 23.9 Å². The van der Waals surface area contributed by atoms with Crippen molar-refractivity contribution >= 4 is 18.1 Å². The molecule has 1 fully saturated rings. The Labute approximate surface area is 74.2 Å². The summed E-state index contributed by atoms with van der Waals surface area (Å²) in [6.07, 6.45) is -0.969. The molecule has 13 heavy (non-hydrogen) atoms. The van der Waals surface area contributed by atoms with E-state index in [0.717, 1.165) is 0 Å². The van der Waals surface area contributed by atoms with Gasteiger partial charge in [0.2, 0.25) is 0 Å². The summed E-state index contributed by atoms with van der Waals surface area (Å²) in [6.45, 7) is 0. The Bertz CT molecular complexity index is 249. The fraction of sp³-hybridized carbons (Fsp3) is 0.571. The highest BCUT2D eigenvalue weighted by molar-refractivity contribution is 5.92. The van der Waals surface area contributed by atoms with E-state index in [-0.39, 0.29) is 12.8 Å². The number of carbonyl (C=O) groups excluding carboxylic acids is 3. The van der Waals surface area contributed by atoms with E-state index in [2.05, 4.69) is 14.8 Å². The minimum absolute atomic E-state index is 0.0202. The van der Waals surface area contributed by atoms with Gasteiger partial charge >= 0.3 is 18.1 Å². The van der Waals surface area contributed by atoms with Crippen molar-refractivity contribution in [3.05, 3.63) is 0 Å². The highest BCUT2D eigenvalue weighted by atomic mass is 16.8. The summed E-state index contributed by atoms with van der Waals surface area (Å²) < 4.78 is 8.29. The summed E-state index contributed by atoms with van der Waals surface area (Å²) in [5, 5.41) is 2.63. The zero-order valence-corrected chi connectivity index (χ0v) is 7.03. The highest BCUT2D eigenvalue weighted by Gasteiger charge is 2.27. The van der Waals surface area contributed by atoms with Crippen LogP contribution in [0.3, 0.4) is 0 Å². The van der Waals surface area contributed by atoms with Crippen LogP contribution in [0.15, 0.2) is 0 Å². The van der Waals surface area contributed by atoms with Crippen LogP contribution >= 0.6 is 0 Å². The van der Waals surface area contributed by atoms with Crippen LogP contribution in [0, 0.1) is 0 Å². The molecule has 6 nitrogen and oxygen atoms in total. The van der Waals surface area contributed by atoms with Gasteiger partial charge in [-0.3, -0.25) is 4.79 Å². The fourth-order valence-electron chi connectivity index (χ4n) is 0.960. The van der Waals surface area contributed by atoms with Gasteiger partial charge in [-0.05, 0) is 13.5 Å². The molecule has 0 aromatic carbocycles. The maximum atomic E-state index is 11.0. The third-order valence-corrected chi connectivity index (χ3v) is 1.65. The van der Waals surface area contributed by atoms with Crippen LogP contribution in [0.1, 0.15) is 12.8 Å². The molecule has 1 heterocycles. The molecule has 72 valence electrons. The van der Waals surface area contributed by atoms with Crippen LogP contribution in [-0.4, -0.2) is 31.2 Å². The maximum Gasteiger partial charge on any atom is 0.524 e.